The number of ether oxygens (including phenoxy) is 6. The van der Waals surface area contributed by atoms with E-state index in [1.165, 1.54) is 30.3 Å². The standard InChI is InChI=1S/C38H46N2O15/c1-38(2,3)55-37(47)40-13-7-15-49-17-19-50-18-16-48-14-6-12-39-35(44)31-20-25(42)33-27(8-4-10-29(33)53-31)51-22-24(41)23-52-28-9-5-11-30-34(28)26(43)21-32(54-30)36(45)46/h4-5,8-11,20-21,24,41H,6-7,12-19,22-23H2,1-3H3,(H,39,44)(H,40,47)(H,45,46). The Labute approximate surface area is 315 Å². The van der Waals surface area contributed by atoms with E-state index >= 15 is 0 Å². The maximum Gasteiger partial charge on any atom is 0.407 e. The molecule has 0 aliphatic heterocycles. The highest BCUT2D eigenvalue weighted by atomic mass is 16.6. The third kappa shape index (κ3) is 13.7. The molecule has 2 amide bonds. The summed E-state index contributed by atoms with van der Waals surface area (Å²) in [7, 11) is 0. The number of carboxylic acid groups (broad SMARTS) is 1. The number of carbonyl (C=O) groups is 3. The molecular weight excluding hydrogens is 724 g/mol. The molecule has 2 heterocycles. The maximum absolute atomic E-state index is 13.0. The summed E-state index contributed by atoms with van der Waals surface area (Å²) >= 11 is 0. The molecule has 0 aliphatic rings. The Bertz CT molecular complexity index is 2020. The summed E-state index contributed by atoms with van der Waals surface area (Å²) < 4.78 is 43.9. The first-order valence-corrected chi connectivity index (χ1v) is 17.6. The van der Waals surface area contributed by atoms with Crippen molar-refractivity contribution in [2.24, 2.45) is 0 Å². The largest absolute Gasteiger partial charge is 0.490 e. The van der Waals surface area contributed by atoms with Crippen molar-refractivity contribution in [2.75, 3.05) is 65.9 Å². The van der Waals surface area contributed by atoms with E-state index in [4.69, 9.17) is 42.4 Å². The summed E-state index contributed by atoms with van der Waals surface area (Å²) in [5, 5.41) is 25.1. The minimum absolute atomic E-state index is 0.00913. The average Bonchev–Trinajstić information content (AvgIpc) is 3.13. The number of aromatic carboxylic acids is 1. The van der Waals surface area contributed by atoms with Crippen molar-refractivity contribution >= 4 is 39.9 Å². The van der Waals surface area contributed by atoms with Crippen molar-refractivity contribution in [3.8, 4) is 11.5 Å². The van der Waals surface area contributed by atoms with Gasteiger partial charge in [-0.25, -0.2) is 9.59 Å². The van der Waals surface area contributed by atoms with Crippen molar-refractivity contribution in [3.05, 3.63) is 80.5 Å². The van der Waals surface area contributed by atoms with Crippen molar-refractivity contribution in [1.82, 2.24) is 10.6 Å². The van der Waals surface area contributed by atoms with Gasteiger partial charge in [-0.3, -0.25) is 14.4 Å². The second-order valence-corrected chi connectivity index (χ2v) is 13.0. The monoisotopic (exact) mass is 770 g/mol. The number of benzene rings is 2. The zero-order valence-electron chi connectivity index (χ0n) is 30.9. The lowest BCUT2D eigenvalue weighted by molar-refractivity contribution is 0.0136. The highest BCUT2D eigenvalue weighted by Crippen LogP contribution is 2.25. The second-order valence-electron chi connectivity index (χ2n) is 13.0. The molecule has 2 aromatic heterocycles. The lowest BCUT2D eigenvalue weighted by Gasteiger charge is -2.19. The van der Waals surface area contributed by atoms with Gasteiger partial charge in [-0.05, 0) is 57.9 Å². The van der Waals surface area contributed by atoms with E-state index < -0.39 is 46.3 Å². The minimum atomic E-state index is -1.39. The van der Waals surface area contributed by atoms with Crippen molar-refractivity contribution in [1.29, 1.82) is 0 Å². The van der Waals surface area contributed by atoms with E-state index in [0.29, 0.717) is 59.0 Å². The molecule has 0 fully saturated rings. The summed E-state index contributed by atoms with van der Waals surface area (Å²) in [6, 6.07) is 10.9. The van der Waals surface area contributed by atoms with Crippen LogP contribution in [0.4, 0.5) is 4.79 Å². The molecule has 1 unspecified atom stereocenters. The molecule has 4 N–H and O–H groups in total. The molecule has 0 saturated carbocycles. The molecule has 17 nitrogen and oxygen atoms in total. The number of rotatable bonds is 22. The first kappa shape index (κ1) is 42.3. The molecule has 4 aromatic rings. The van der Waals surface area contributed by atoms with Crippen LogP contribution in [-0.2, 0) is 18.9 Å². The molecule has 0 aliphatic carbocycles. The second kappa shape index (κ2) is 20.8. The molecular formula is C38H46N2O15. The summed E-state index contributed by atoms with van der Waals surface area (Å²) in [4.78, 5) is 61.0. The van der Waals surface area contributed by atoms with Gasteiger partial charge >= 0.3 is 12.1 Å². The predicted molar refractivity (Wildman–Crippen MR) is 197 cm³/mol. The Balaban J connectivity index is 1.11. The highest BCUT2D eigenvalue weighted by molar-refractivity contribution is 5.94. The lowest BCUT2D eigenvalue weighted by Crippen LogP contribution is -2.33. The Morgan fingerprint density at radius 2 is 1.18 bits per heavy atom. The van der Waals surface area contributed by atoms with E-state index in [0.717, 1.165) is 12.1 Å². The molecule has 0 saturated heterocycles. The predicted octanol–water partition coefficient (Wildman–Crippen LogP) is 3.50. The number of carboxylic acids is 1. The molecule has 0 radical (unpaired) electrons. The Morgan fingerprint density at radius 1 is 0.709 bits per heavy atom. The first-order valence-electron chi connectivity index (χ1n) is 17.6. The molecule has 0 bridgehead atoms. The van der Waals surface area contributed by atoms with Crippen LogP contribution in [0.15, 0.2) is 67.0 Å². The third-order valence-corrected chi connectivity index (χ3v) is 7.36. The first-order chi connectivity index (χ1) is 26.3. The fraction of sp³-hybridized carbons (Fsp3) is 0.447. The van der Waals surface area contributed by atoms with Crippen molar-refractivity contribution < 1.29 is 61.9 Å². The van der Waals surface area contributed by atoms with Crippen molar-refractivity contribution in [2.45, 2.75) is 45.3 Å². The van der Waals surface area contributed by atoms with E-state index in [1.54, 1.807) is 26.8 Å². The van der Waals surface area contributed by atoms with Gasteiger partial charge in [0.1, 0.15) is 58.4 Å². The number of aliphatic hydroxyl groups is 1. The van der Waals surface area contributed by atoms with Crippen LogP contribution in [0.5, 0.6) is 11.5 Å². The topological polar surface area (TPSA) is 232 Å². The van der Waals surface area contributed by atoms with Gasteiger partial charge in [-0.2, -0.15) is 0 Å². The molecule has 1 atom stereocenters. The molecule has 4 rings (SSSR count). The van der Waals surface area contributed by atoms with Crippen LogP contribution < -0.4 is 31.0 Å². The van der Waals surface area contributed by atoms with E-state index in [9.17, 15) is 29.1 Å². The van der Waals surface area contributed by atoms with Crippen LogP contribution in [0.25, 0.3) is 21.9 Å². The summed E-state index contributed by atoms with van der Waals surface area (Å²) in [5.41, 5.74) is -1.57. The fourth-order valence-electron chi connectivity index (χ4n) is 4.92. The molecule has 2 aromatic carbocycles. The number of aliphatic hydroxyl groups excluding tert-OH is 1. The van der Waals surface area contributed by atoms with Gasteiger partial charge in [0.15, 0.2) is 16.6 Å². The fourth-order valence-corrected chi connectivity index (χ4v) is 4.92. The van der Waals surface area contributed by atoms with E-state index in [2.05, 4.69) is 10.6 Å². The SMILES string of the molecule is CC(C)(C)OC(=O)NCCCOCCOCCOCCCNC(=O)c1cc(=O)c2c(OCC(O)COc3cccc4oc(C(=O)O)cc(=O)c34)cccc2o1. The smallest absolute Gasteiger partial charge is 0.407 e. The number of amides is 2. The normalized spacial score (nSPS) is 12.0. The molecule has 17 heteroatoms. The van der Waals surface area contributed by atoms with Crippen LogP contribution >= 0.6 is 0 Å². The Kier molecular flexibility index (Phi) is 16.0. The number of nitrogens with one attached hydrogen (secondary N) is 2. The van der Waals surface area contributed by atoms with Gasteiger partial charge < -0.3 is 58.1 Å². The number of hydrogen-bond acceptors (Lipinski definition) is 14. The minimum Gasteiger partial charge on any atom is -0.490 e. The number of fused-ring (bicyclic) bond motifs is 2. The van der Waals surface area contributed by atoms with Crippen LogP contribution in [-0.4, -0.2) is 106 Å². The van der Waals surface area contributed by atoms with Gasteiger partial charge in [0.2, 0.25) is 5.76 Å². The third-order valence-electron chi connectivity index (χ3n) is 7.36. The van der Waals surface area contributed by atoms with Gasteiger partial charge in [-0.1, -0.05) is 12.1 Å². The Morgan fingerprint density at radius 3 is 1.69 bits per heavy atom. The molecule has 298 valence electrons. The number of hydrogen-bond donors (Lipinski definition) is 4. The highest BCUT2D eigenvalue weighted by Gasteiger charge is 2.19. The van der Waals surface area contributed by atoms with Gasteiger partial charge in [0.05, 0.1) is 26.4 Å². The molecule has 0 spiro atoms. The summed E-state index contributed by atoms with van der Waals surface area (Å²) in [6.45, 7) is 7.91. The van der Waals surface area contributed by atoms with Crippen LogP contribution in [0.2, 0.25) is 0 Å². The summed E-state index contributed by atoms with van der Waals surface area (Å²) in [6.07, 6.45) is -0.509. The quantitative estimate of drug-likeness (QED) is 0.0838. The Hall–Kier alpha value is -5.49. The van der Waals surface area contributed by atoms with Gasteiger partial charge in [0, 0.05) is 38.4 Å². The molecule has 55 heavy (non-hydrogen) atoms. The van der Waals surface area contributed by atoms with Crippen LogP contribution in [0.1, 0.15) is 54.7 Å². The summed E-state index contributed by atoms with van der Waals surface area (Å²) in [5.74, 6) is -2.48. The van der Waals surface area contributed by atoms with Crippen molar-refractivity contribution in [3.63, 3.8) is 0 Å². The van der Waals surface area contributed by atoms with E-state index in [1.807, 2.05) is 0 Å². The van der Waals surface area contributed by atoms with Gasteiger partial charge in [-0.15, -0.1) is 0 Å². The van der Waals surface area contributed by atoms with Crippen LogP contribution in [0, 0.1) is 0 Å². The maximum atomic E-state index is 13.0. The number of alkyl carbamates (subject to hydrolysis) is 1. The van der Waals surface area contributed by atoms with Gasteiger partial charge in [0.25, 0.3) is 5.91 Å². The van der Waals surface area contributed by atoms with Crippen LogP contribution in [0.3, 0.4) is 0 Å². The lowest BCUT2D eigenvalue weighted by atomic mass is 10.2. The zero-order chi connectivity index (χ0) is 39.8. The average molecular weight is 771 g/mol. The number of carbonyl (C=O) groups excluding carboxylic acids is 2. The van der Waals surface area contributed by atoms with E-state index in [-0.39, 0.29) is 59.0 Å². The zero-order valence-corrected chi connectivity index (χ0v) is 30.9.